The van der Waals surface area contributed by atoms with Crippen molar-refractivity contribution in [3.8, 4) is 0 Å². The van der Waals surface area contributed by atoms with Crippen molar-refractivity contribution in [3.63, 3.8) is 0 Å². The first-order valence-corrected chi connectivity index (χ1v) is 4.22. The van der Waals surface area contributed by atoms with Crippen LogP contribution >= 0.6 is 0 Å². The average molecular weight is 172 g/mol. The zero-order chi connectivity index (χ0) is 9.23. The Morgan fingerprint density at radius 2 is 2.25 bits per heavy atom. The predicted molar refractivity (Wildman–Crippen MR) is 47.1 cm³/mol. The van der Waals surface area contributed by atoms with E-state index in [1.54, 1.807) is 0 Å². The summed E-state index contributed by atoms with van der Waals surface area (Å²) in [6.45, 7) is 3.29. The first-order chi connectivity index (χ1) is 5.77. The standard InChI is InChI=1S/C9H16O3/c1-2-12-8-6-4-3-5-7-9(10)11/h4,6H,2-3,5,7-8H2,1H3,(H,10,11)/b6-4+. The SMILES string of the molecule is CCOC/C=C/CCCC(=O)O. The van der Waals surface area contributed by atoms with Crippen molar-refractivity contribution in [1.29, 1.82) is 0 Å². The lowest BCUT2D eigenvalue weighted by atomic mass is 10.2. The van der Waals surface area contributed by atoms with Gasteiger partial charge in [0.25, 0.3) is 0 Å². The third-order valence-electron chi connectivity index (χ3n) is 1.35. The lowest BCUT2D eigenvalue weighted by Gasteiger charge is -1.93. The van der Waals surface area contributed by atoms with E-state index in [4.69, 9.17) is 9.84 Å². The number of hydrogen-bond donors (Lipinski definition) is 1. The van der Waals surface area contributed by atoms with Crippen LogP contribution in [0.2, 0.25) is 0 Å². The Labute approximate surface area is 73.0 Å². The molecule has 0 aliphatic carbocycles. The second kappa shape index (κ2) is 8.27. The van der Waals surface area contributed by atoms with Gasteiger partial charge in [-0.1, -0.05) is 12.2 Å². The molecular weight excluding hydrogens is 156 g/mol. The molecular formula is C9H16O3. The molecule has 0 aromatic heterocycles. The van der Waals surface area contributed by atoms with E-state index in [0.717, 1.165) is 13.0 Å². The topological polar surface area (TPSA) is 46.5 Å². The number of aliphatic carboxylic acids is 1. The Morgan fingerprint density at radius 3 is 2.83 bits per heavy atom. The summed E-state index contributed by atoms with van der Waals surface area (Å²) in [7, 11) is 0. The zero-order valence-electron chi connectivity index (χ0n) is 7.45. The number of hydrogen-bond acceptors (Lipinski definition) is 2. The second-order valence-electron chi connectivity index (χ2n) is 2.42. The third kappa shape index (κ3) is 9.17. The molecule has 0 atom stereocenters. The molecule has 0 aliphatic rings. The number of carboxylic acids is 1. The molecule has 3 heteroatoms. The van der Waals surface area contributed by atoms with Crippen LogP contribution in [-0.2, 0) is 9.53 Å². The third-order valence-corrected chi connectivity index (χ3v) is 1.35. The number of rotatable bonds is 7. The molecule has 0 rings (SSSR count). The van der Waals surface area contributed by atoms with Gasteiger partial charge in [-0.3, -0.25) is 4.79 Å². The van der Waals surface area contributed by atoms with Gasteiger partial charge in [0.1, 0.15) is 0 Å². The molecule has 0 saturated carbocycles. The fourth-order valence-electron chi connectivity index (χ4n) is 0.743. The summed E-state index contributed by atoms with van der Waals surface area (Å²) in [5.41, 5.74) is 0. The highest BCUT2D eigenvalue weighted by atomic mass is 16.5. The Bertz CT molecular complexity index is 141. The molecule has 0 radical (unpaired) electrons. The molecule has 0 aromatic carbocycles. The van der Waals surface area contributed by atoms with Crippen LogP contribution in [0.4, 0.5) is 0 Å². The van der Waals surface area contributed by atoms with E-state index < -0.39 is 5.97 Å². The summed E-state index contributed by atoms with van der Waals surface area (Å²) in [6.07, 6.45) is 5.65. The van der Waals surface area contributed by atoms with Crippen LogP contribution in [-0.4, -0.2) is 24.3 Å². The highest BCUT2D eigenvalue weighted by Gasteiger charge is 1.92. The van der Waals surface area contributed by atoms with Gasteiger partial charge in [0.2, 0.25) is 0 Å². The van der Waals surface area contributed by atoms with Crippen LogP contribution in [0.25, 0.3) is 0 Å². The van der Waals surface area contributed by atoms with Gasteiger partial charge in [0.05, 0.1) is 6.61 Å². The molecule has 0 spiro atoms. The van der Waals surface area contributed by atoms with Crippen LogP contribution < -0.4 is 0 Å². The highest BCUT2D eigenvalue weighted by molar-refractivity contribution is 5.66. The van der Waals surface area contributed by atoms with Gasteiger partial charge in [-0.05, 0) is 19.8 Å². The first-order valence-electron chi connectivity index (χ1n) is 4.22. The fourth-order valence-corrected chi connectivity index (χ4v) is 0.743. The maximum atomic E-state index is 10.1. The molecule has 0 aliphatic heterocycles. The number of carbonyl (C=O) groups is 1. The van der Waals surface area contributed by atoms with Crippen molar-refractivity contribution < 1.29 is 14.6 Å². The summed E-state index contributed by atoms with van der Waals surface area (Å²) < 4.78 is 5.06. The van der Waals surface area contributed by atoms with E-state index in [0.29, 0.717) is 13.0 Å². The monoisotopic (exact) mass is 172 g/mol. The summed E-state index contributed by atoms with van der Waals surface area (Å²) in [6, 6.07) is 0. The van der Waals surface area contributed by atoms with E-state index in [1.807, 2.05) is 19.1 Å². The van der Waals surface area contributed by atoms with Crippen molar-refractivity contribution in [3.05, 3.63) is 12.2 Å². The van der Waals surface area contributed by atoms with Crippen LogP contribution in [0.5, 0.6) is 0 Å². The van der Waals surface area contributed by atoms with Crippen LogP contribution in [0.15, 0.2) is 12.2 Å². The molecule has 70 valence electrons. The van der Waals surface area contributed by atoms with Gasteiger partial charge in [-0.25, -0.2) is 0 Å². The summed E-state index contributed by atoms with van der Waals surface area (Å²) in [5.74, 6) is -0.729. The molecule has 3 nitrogen and oxygen atoms in total. The maximum Gasteiger partial charge on any atom is 0.303 e. The van der Waals surface area contributed by atoms with E-state index >= 15 is 0 Å². The predicted octanol–water partition coefficient (Wildman–Crippen LogP) is 1.83. The number of ether oxygens (including phenoxy) is 1. The molecule has 0 fully saturated rings. The summed E-state index contributed by atoms with van der Waals surface area (Å²) >= 11 is 0. The number of unbranched alkanes of at least 4 members (excludes halogenated alkanes) is 1. The average Bonchev–Trinajstić information content (AvgIpc) is 2.02. The Hall–Kier alpha value is -0.830. The second-order valence-corrected chi connectivity index (χ2v) is 2.42. The van der Waals surface area contributed by atoms with Crippen LogP contribution in [0.1, 0.15) is 26.2 Å². The first kappa shape index (κ1) is 11.2. The minimum absolute atomic E-state index is 0.249. The summed E-state index contributed by atoms with van der Waals surface area (Å²) in [4.78, 5) is 10.1. The molecule has 1 N–H and O–H groups in total. The van der Waals surface area contributed by atoms with Crippen molar-refractivity contribution >= 4 is 5.97 Å². The van der Waals surface area contributed by atoms with Gasteiger partial charge < -0.3 is 9.84 Å². The normalized spacial score (nSPS) is 10.8. The molecule has 0 saturated heterocycles. The lowest BCUT2D eigenvalue weighted by Crippen LogP contribution is -1.92. The van der Waals surface area contributed by atoms with Gasteiger partial charge >= 0.3 is 5.97 Å². The van der Waals surface area contributed by atoms with E-state index in [-0.39, 0.29) is 6.42 Å². The van der Waals surface area contributed by atoms with Gasteiger partial charge in [-0.2, -0.15) is 0 Å². The lowest BCUT2D eigenvalue weighted by molar-refractivity contribution is -0.137. The number of carboxylic acid groups (broad SMARTS) is 1. The van der Waals surface area contributed by atoms with E-state index in [9.17, 15) is 4.79 Å². The Balaban J connectivity index is 3.08. The largest absolute Gasteiger partial charge is 0.481 e. The van der Waals surface area contributed by atoms with Crippen molar-refractivity contribution in [2.24, 2.45) is 0 Å². The minimum atomic E-state index is -0.729. The quantitative estimate of drug-likeness (QED) is 0.470. The van der Waals surface area contributed by atoms with Gasteiger partial charge in [0, 0.05) is 13.0 Å². The maximum absolute atomic E-state index is 10.1. The smallest absolute Gasteiger partial charge is 0.303 e. The molecule has 0 amide bonds. The number of allylic oxidation sites excluding steroid dienone is 1. The molecule has 0 heterocycles. The molecule has 0 bridgehead atoms. The van der Waals surface area contributed by atoms with Crippen molar-refractivity contribution in [2.45, 2.75) is 26.2 Å². The van der Waals surface area contributed by atoms with Crippen LogP contribution in [0, 0.1) is 0 Å². The molecule has 12 heavy (non-hydrogen) atoms. The Morgan fingerprint density at radius 1 is 1.50 bits per heavy atom. The van der Waals surface area contributed by atoms with Crippen molar-refractivity contribution in [1.82, 2.24) is 0 Å². The Kier molecular flexibility index (Phi) is 7.70. The van der Waals surface area contributed by atoms with Gasteiger partial charge in [-0.15, -0.1) is 0 Å². The molecule has 0 unspecified atom stereocenters. The van der Waals surface area contributed by atoms with Crippen molar-refractivity contribution in [2.75, 3.05) is 13.2 Å². The van der Waals surface area contributed by atoms with Crippen LogP contribution in [0.3, 0.4) is 0 Å². The highest BCUT2D eigenvalue weighted by Crippen LogP contribution is 1.96. The summed E-state index contributed by atoms with van der Waals surface area (Å²) in [5, 5.41) is 8.31. The zero-order valence-corrected chi connectivity index (χ0v) is 7.45. The molecule has 0 aromatic rings. The van der Waals surface area contributed by atoms with E-state index in [1.165, 1.54) is 0 Å². The fraction of sp³-hybridized carbons (Fsp3) is 0.667. The minimum Gasteiger partial charge on any atom is -0.481 e. The van der Waals surface area contributed by atoms with Gasteiger partial charge in [0.15, 0.2) is 0 Å². The van der Waals surface area contributed by atoms with E-state index in [2.05, 4.69) is 0 Å².